The van der Waals surface area contributed by atoms with Gasteiger partial charge in [-0.25, -0.2) is 0 Å². The first kappa shape index (κ1) is 25.8. The molecule has 1 atom stereocenters. The third kappa shape index (κ3) is 19.8. The van der Waals surface area contributed by atoms with Gasteiger partial charge in [0.05, 0.1) is 11.6 Å². The molecular weight excluding hydrogens is 294 g/mol. The number of aliphatic hydroxyl groups excluding tert-OH is 1. The zero-order valence-corrected chi connectivity index (χ0v) is 14.8. The molecule has 0 spiro atoms. The number of allylic oxidation sites excluding steroid dienone is 3. The molecular formula is C18H29NO4. The van der Waals surface area contributed by atoms with Crippen molar-refractivity contribution in [1.82, 2.24) is 5.32 Å². The molecule has 0 fully saturated rings. The van der Waals surface area contributed by atoms with Gasteiger partial charge in [-0.15, -0.1) is 6.42 Å². The monoisotopic (exact) mass is 323 g/mol. The van der Waals surface area contributed by atoms with E-state index in [4.69, 9.17) is 16.3 Å². The lowest BCUT2D eigenvalue weighted by atomic mass is 10.0. The molecule has 0 aliphatic carbocycles. The maximum atomic E-state index is 10.6. The molecule has 0 aliphatic heterocycles. The van der Waals surface area contributed by atoms with Gasteiger partial charge in [-0.1, -0.05) is 25.2 Å². The molecule has 0 aromatic heterocycles. The highest BCUT2D eigenvalue weighted by atomic mass is 16.5. The minimum absolute atomic E-state index is 0.0417. The fourth-order valence-electron chi connectivity index (χ4n) is 0.954. The van der Waals surface area contributed by atoms with Crippen LogP contribution in [0.4, 0.5) is 0 Å². The molecule has 0 rings (SSSR count). The molecule has 5 nitrogen and oxygen atoms in total. The van der Waals surface area contributed by atoms with Crippen molar-refractivity contribution < 1.29 is 19.4 Å². The third-order valence-electron chi connectivity index (χ3n) is 2.32. The summed E-state index contributed by atoms with van der Waals surface area (Å²) in [5.74, 6) is 2.36. The van der Waals surface area contributed by atoms with Crippen molar-refractivity contribution in [3.8, 4) is 12.3 Å². The number of carbonyl (C=O) groups excluding carboxylic acids is 2. The van der Waals surface area contributed by atoms with Crippen LogP contribution in [-0.2, 0) is 14.3 Å². The number of terminal acetylenes is 1. The second-order valence-corrected chi connectivity index (χ2v) is 5.14. The van der Waals surface area contributed by atoms with Gasteiger partial charge in [0, 0.05) is 19.8 Å². The van der Waals surface area contributed by atoms with E-state index in [9.17, 15) is 9.59 Å². The van der Waals surface area contributed by atoms with Gasteiger partial charge in [-0.2, -0.15) is 0 Å². The lowest BCUT2D eigenvalue weighted by Gasteiger charge is -2.14. The molecule has 2 N–H and O–H groups in total. The number of rotatable bonds is 7. The Morgan fingerprint density at radius 1 is 1.39 bits per heavy atom. The zero-order chi connectivity index (χ0) is 18.9. The second kappa shape index (κ2) is 16.2. The van der Waals surface area contributed by atoms with Crippen molar-refractivity contribution in [3.05, 3.63) is 36.5 Å². The average molecular weight is 323 g/mol. The first-order valence-corrected chi connectivity index (χ1v) is 6.87. The molecule has 0 heterocycles. The number of amides is 1. The number of methoxy groups -OCH3 is 1. The fraction of sp³-hybridized carbons (Fsp3) is 0.444. The SMILES string of the molecule is C#CC(=C)/C=C(\C=C)CC(C=O)NC=O.CO.COC(C)(C)C. The number of carbonyl (C=O) groups is 2. The van der Waals surface area contributed by atoms with Crippen LogP contribution in [0.2, 0.25) is 0 Å². The van der Waals surface area contributed by atoms with Crippen molar-refractivity contribution in [2.75, 3.05) is 14.2 Å². The maximum Gasteiger partial charge on any atom is 0.207 e. The average Bonchev–Trinajstić information content (AvgIpc) is 2.55. The molecule has 130 valence electrons. The summed E-state index contributed by atoms with van der Waals surface area (Å²) in [6.07, 6.45) is 9.84. The van der Waals surface area contributed by atoms with Gasteiger partial charge >= 0.3 is 0 Å². The Balaban J connectivity index is -0.000000418. The molecule has 0 saturated heterocycles. The molecule has 5 heteroatoms. The molecule has 23 heavy (non-hydrogen) atoms. The number of aldehydes is 1. The van der Waals surface area contributed by atoms with Crippen LogP contribution in [0.5, 0.6) is 0 Å². The van der Waals surface area contributed by atoms with E-state index in [1.807, 2.05) is 20.8 Å². The van der Waals surface area contributed by atoms with Gasteiger partial charge in [0.1, 0.15) is 6.29 Å². The normalized spacial score (nSPS) is 11.3. The lowest BCUT2D eigenvalue weighted by Crippen LogP contribution is -2.29. The Bertz CT molecular complexity index is 425. The molecule has 0 saturated carbocycles. The van der Waals surface area contributed by atoms with Gasteiger partial charge in [-0.3, -0.25) is 4.79 Å². The number of ether oxygens (including phenoxy) is 1. The largest absolute Gasteiger partial charge is 0.400 e. The summed E-state index contributed by atoms with van der Waals surface area (Å²) in [4.78, 5) is 20.7. The number of hydrogen-bond acceptors (Lipinski definition) is 4. The highest BCUT2D eigenvalue weighted by Crippen LogP contribution is 2.08. The Hall–Kier alpha value is -2.16. The summed E-state index contributed by atoms with van der Waals surface area (Å²) in [6, 6.07) is -0.558. The summed E-state index contributed by atoms with van der Waals surface area (Å²) in [7, 11) is 2.71. The maximum absolute atomic E-state index is 10.6. The van der Waals surface area contributed by atoms with Crippen molar-refractivity contribution in [1.29, 1.82) is 0 Å². The van der Waals surface area contributed by atoms with Gasteiger partial charge in [0.25, 0.3) is 0 Å². The third-order valence-corrected chi connectivity index (χ3v) is 2.32. The van der Waals surface area contributed by atoms with E-state index in [1.165, 1.54) is 0 Å². The van der Waals surface area contributed by atoms with Crippen molar-refractivity contribution in [2.24, 2.45) is 0 Å². The van der Waals surface area contributed by atoms with E-state index in [2.05, 4.69) is 24.4 Å². The van der Waals surface area contributed by atoms with Crippen molar-refractivity contribution in [2.45, 2.75) is 38.8 Å². The number of nitrogens with one attached hydrogen (secondary N) is 1. The molecule has 0 aromatic rings. The smallest absolute Gasteiger partial charge is 0.207 e. The molecule has 0 aromatic carbocycles. The van der Waals surface area contributed by atoms with E-state index >= 15 is 0 Å². The second-order valence-electron chi connectivity index (χ2n) is 5.14. The Kier molecular flexibility index (Phi) is 18.2. The van der Waals surface area contributed by atoms with Gasteiger partial charge in [-0.05, 0) is 38.8 Å². The Morgan fingerprint density at radius 2 is 1.87 bits per heavy atom. The van der Waals surface area contributed by atoms with Gasteiger partial charge in [0.15, 0.2) is 0 Å². The van der Waals surface area contributed by atoms with Crippen LogP contribution < -0.4 is 5.32 Å². The van der Waals surface area contributed by atoms with Gasteiger partial charge < -0.3 is 20.0 Å². The predicted octanol–water partition coefficient (Wildman–Crippen LogP) is 2.03. The molecule has 0 bridgehead atoms. The van der Waals surface area contributed by atoms with Crippen LogP contribution in [0.3, 0.4) is 0 Å². The highest BCUT2D eigenvalue weighted by Gasteiger charge is 2.06. The highest BCUT2D eigenvalue weighted by molar-refractivity contribution is 5.64. The van der Waals surface area contributed by atoms with Crippen LogP contribution >= 0.6 is 0 Å². The van der Waals surface area contributed by atoms with Crippen LogP contribution in [-0.4, -0.2) is 43.7 Å². The van der Waals surface area contributed by atoms with Crippen LogP contribution in [0, 0.1) is 12.3 Å². The predicted molar refractivity (Wildman–Crippen MR) is 94.8 cm³/mol. The minimum Gasteiger partial charge on any atom is -0.400 e. The molecule has 0 aliphatic rings. The fourth-order valence-corrected chi connectivity index (χ4v) is 0.954. The Morgan fingerprint density at radius 3 is 2.13 bits per heavy atom. The summed E-state index contributed by atoms with van der Waals surface area (Å²) < 4.78 is 4.94. The lowest BCUT2D eigenvalue weighted by molar-refractivity contribution is -0.115. The van der Waals surface area contributed by atoms with Gasteiger partial charge in [0.2, 0.25) is 6.41 Å². The first-order valence-electron chi connectivity index (χ1n) is 6.87. The quantitative estimate of drug-likeness (QED) is 0.427. The topological polar surface area (TPSA) is 75.6 Å². The van der Waals surface area contributed by atoms with Crippen LogP contribution in [0.25, 0.3) is 0 Å². The Labute approximate surface area is 140 Å². The standard InChI is InChI=1S/C12H13NO2.C5H12O.CH4O/c1-4-10(3)6-11(5-2)7-12(8-14)13-9-15;1-5(2,3)6-4;1-2/h1,5-6,8-9,12H,2-3,7H2,(H,13,15);1-4H3;2H,1H3/b11-6+;;. The van der Waals surface area contributed by atoms with Crippen molar-refractivity contribution >= 4 is 12.7 Å². The zero-order valence-electron chi connectivity index (χ0n) is 14.8. The first-order chi connectivity index (χ1) is 10.7. The summed E-state index contributed by atoms with van der Waals surface area (Å²) in [5, 5.41) is 9.37. The summed E-state index contributed by atoms with van der Waals surface area (Å²) in [5.41, 5.74) is 1.30. The molecule has 0 radical (unpaired) electrons. The van der Waals surface area contributed by atoms with E-state index < -0.39 is 6.04 Å². The molecule has 1 amide bonds. The van der Waals surface area contributed by atoms with E-state index in [0.29, 0.717) is 24.7 Å². The van der Waals surface area contributed by atoms with Crippen LogP contribution in [0.15, 0.2) is 36.5 Å². The van der Waals surface area contributed by atoms with E-state index in [1.54, 1.807) is 19.3 Å². The minimum atomic E-state index is -0.558. The van der Waals surface area contributed by atoms with E-state index in [0.717, 1.165) is 12.7 Å². The van der Waals surface area contributed by atoms with E-state index in [-0.39, 0.29) is 5.60 Å². The summed E-state index contributed by atoms with van der Waals surface area (Å²) >= 11 is 0. The van der Waals surface area contributed by atoms with Crippen molar-refractivity contribution in [3.63, 3.8) is 0 Å². The number of aliphatic hydroxyl groups is 1. The summed E-state index contributed by atoms with van der Waals surface area (Å²) in [6.45, 7) is 13.2. The molecule has 1 unspecified atom stereocenters. The number of hydrogen-bond donors (Lipinski definition) is 2. The van der Waals surface area contributed by atoms with Crippen LogP contribution in [0.1, 0.15) is 27.2 Å².